The molecule has 1 unspecified atom stereocenters. The van der Waals surface area contributed by atoms with Gasteiger partial charge in [0.05, 0.1) is 0 Å². The fraction of sp³-hybridized carbons (Fsp3) is 0.222. The van der Waals surface area contributed by atoms with Gasteiger partial charge in [-0.3, -0.25) is 0 Å². The maximum atomic E-state index is 3.98. The highest BCUT2D eigenvalue weighted by molar-refractivity contribution is 9.09. The number of hydrogen-bond acceptors (Lipinski definition) is 0. The molecule has 0 N–H and O–H groups in total. The summed E-state index contributed by atoms with van der Waals surface area (Å²) in [6, 6.07) is 10.3. The molecule has 1 radical (unpaired) electrons. The molecule has 1 rings (SSSR count). The first-order valence-electron chi connectivity index (χ1n) is 3.28. The molecular weight excluding hydrogens is 188 g/mol. The van der Waals surface area contributed by atoms with Gasteiger partial charge < -0.3 is 0 Å². The van der Waals surface area contributed by atoms with Crippen LogP contribution in [0.5, 0.6) is 0 Å². The SMILES string of the molecule is [CH2]C(CBr)c1ccccc1. The molecule has 0 aliphatic carbocycles. The van der Waals surface area contributed by atoms with Crippen LogP contribution in [0.4, 0.5) is 0 Å². The van der Waals surface area contributed by atoms with Gasteiger partial charge in [-0.15, -0.1) is 0 Å². The van der Waals surface area contributed by atoms with Crippen LogP contribution in [0.3, 0.4) is 0 Å². The molecule has 1 aromatic rings. The van der Waals surface area contributed by atoms with E-state index in [0.29, 0.717) is 5.92 Å². The molecule has 0 aliphatic heterocycles. The Balaban J connectivity index is 2.75. The van der Waals surface area contributed by atoms with Gasteiger partial charge in [-0.05, 0) is 18.4 Å². The minimum absolute atomic E-state index is 0.376. The first-order chi connectivity index (χ1) is 4.84. The fourth-order valence-corrected chi connectivity index (χ4v) is 1.19. The van der Waals surface area contributed by atoms with Crippen molar-refractivity contribution in [3.8, 4) is 0 Å². The lowest BCUT2D eigenvalue weighted by Gasteiger charge is -2.05. The van der Waals surface area contributed by atoms with Gasteiger partial charge in [0, 0.05) is 5.33 Å². The second-order valence-corrected chi connectivity index (χ2v) is 2.91. The van der Waals surface area contributed by atoms with Crippen LogP contribution in [0, 0.1) is 6.92 Å². The lowest BCUT2D eigenvalue weighted by Crippen LogP contribution is -1.92. The second kappa shape index (κ2) is 3.77. The molecule has 0 fully saturated rings. The Labute approximate surface area is 70.4 Å². The van der Waals surface area contributed by atoms with Crippen LogP contribution in [-0.2, 0) is 0 Å². The smallest absolute Gasteiger partial charge is 0.0100 e. The number of alkyl halides is 1. The molecule has 0 spiro atoms. The van der Waals surface area contributed by atoms with Crippen LogP contribution in [0.2, 0.25) is 0 Å². The van der Waals surface area contributed by atoms with Gasteiger partial charge in [0.2, 0.25) is 0 Å². The van der Waals surface area contributed by atoms with E-state index in [4.69, 9.17) is 0 Å². The summed E-state index contributed by atoms with van der Waals surface area (Å²) in [7, 11) is 0. The first-order valence-corrected chi connectivity index (χ1v) is 4.40. The molecule has 53 valence electrons. The Bertz CT molecular complexity index is 181. The zero-order valence-corrected chi connectivity index (χ0v) is 7.34. The molecule has 0 amide bonds. The van der Waals surface area contributed by atoms with Crippen LogP contribution < -0.4 is 0 Å². The highest BCUT2D eigenvalue weighted by atomic mass is 79.9. The van der Waals surface area contributed by atoms with Crippen LogP contribution in [-0.4, -0.2) is 5.33 Å². The van der Waals surface area contributed by atoms with E-state index in [1.807, 2.05) is 18.2 Å². The minimum Gasteiger partial charge on any atom is -0.0921 e. The molecule has 0 heterocycles. The first kappa shape index (κ1) is 7.80. The van der Waals surface area contributed by atoms with Crippen molar-refractivity contribution in [2.75, 3.05) is 5.33 Å². The van der Waals surface area contributed by atoms with Crippen LogP contribution in [0.25, 0.3) is 0 Å². The van der Waals surface area contributed by atoms with Crippen LogP contribution in [0.15, 0.2) is 30.3 Å². The molecule has 0 aromatic heterocycles. The quantitative estimate of drug-likeness (QED) is 0.640. The molecule has 10 heavy (non-hydrogen) atoms. The number of rotatable bonds is 2. The van der Waals surface area contributed by atoms with Gasteiger partial charge in [0.1, 0.15) is 0 Å². The summed E-state index contributed by atoms with van der Waals surface area (Å²) >= 11 is 3.39. The minimum atomic E-state index is 0.376. The predicted molar refractivity (Wildman–Crippen MR) is 48.3 cm³/mol. The Hall–Kier alpha value is -0.300. The van der Waals surface area contributed by atoms with E-state index in [-0.39, 0.29) is 0 Å². The maximum absolute atomic E-state index is 3.98. The van der Waals surface area contributed by atoms with Gasteiger partial charge in [0.15, 0.2) is 0 Å². The van der Waals surface area contributed by atoms with E-state index in [9.17, 15) is 0 Å². The third-order valence-corrected chi connectivity index (χ3v) is 2.24. The van der Waals surface area contributed by atoms with Gasteiger partial charge in [-0.2, -0.15) is 0 Å². The van der Waals surface area contributed by atoms with Gasteiger partial charge >= 0.3 is 0 Å². The molecule has 0 bridgehead atoms. The van der Waals surface area contributed by atoms with Crippen LogP contribution >= 0.6 is 15.9 Å². The van der Waals surface area contributed by atoms with Gasteiger partial charge in [0.25, 0.3) is 0 Å². The third kappa shape index (κ3) is 1.84. The van der Waals surface area contributed by atoms with Crippen molar-refractivity contribution in [2.24, 2.45) is 0 Å². The summed E-state index contributed by atoms with van der Waals surface area (Å²) < 4.78 is 0. The Morgan fingerprint density at radius 3 is 2.40 bits per heavy atom. The van der Waals surface area contributed by atoms with Crippen molar-refractivity contribution in [3.63, 3.8) is 0 Å². The van der Waals surface area contributed by atoms with Crippen molar-refractivity contribution in [1.29, 1.82) is 0 Å². The molecule has 0 aliphatic rings. The summed E-state index contributed by atoms with van der Waals surface area (Å²) in [6.07, 6.45) is 0. The molecule has 1 aromatic carbocycles. The lowest BCUT2D eigenvalue weighted by atomic mass is 10.0. The van der Waals surface area contributed by atoms with E-state index >= 15 is 0 Å². The van der Waals surface area contributed by atoms with Crippen molar-refractivity contribution in [3.05, 3.63) is 42.8 Å². The average Bonchev–Trinajstić information content (AvgIpc) is 2.05. The predicted octanol–water partition coefficient (Wildman–Crippen LogP) is 3.00. The average molecular weight is 198 g/mol. The highest BCUT2D eigenvalue weighted by Gasteiger charge is 2.00. The molecule has 0 saturated carbocycles. The normalized spacial score (nSPS) is 13.0. The van der Waals surface area contributed by atoms with Gasteiger partial charge in [-0.1, -0.05) is 46.3 Å². The summed E-state index contributed by atoms with van der Waals surface area (Å²) in [5.74, 6) is 0.376. The topological polar surface area (TPSA) is 0 Å². The summed E-state index contributed by atoms with van der Waals surface area (Å²) in [4.78, 5) is 0. The summed E-state index contributed by atoms with van der Waals surface area (Å²) in [5, 5.41) is 0.928. The largest absolute Gasteiger partial charge is 0.0921 e. The standard InChI is InChI=1S/C9H10Br/c1-8(7-10)9-5-3-2-4-6-9/h2-6,8H,1,7H2. The Kier molecular flexibility index (Phi) is 2.94. The third-order valence-electron chi connectivity index (χ3n) is 1.46. The zero-order valence-electron chi connectivity index (χ0n) is 5.76. The van der Waals surface area contributed by atoms with E-state index in [1.54, 1.807) is 0 Å². The van der Waals surface area contributed by atoms with Crippen molar-refractivity contribution >= 4 is 15.9 Å². The van der Waals surface area contributed by atoms with Gasteiger partial charge in [-0.25, -0.2) is 0 Å². The van der Waals surface area contributed by atoms with E-state index in [2.05, 4.69) is 35.0 Å². The van der Waals surface area contributed by atoms with E-state index < -0.39 is 0 Å². The van der Waals surface area contributed by atoms with Crippen molar-refractivity contribution in [2.45, 2.75) is 5.92 Å². The van der Waals surface area contributed by atoms with Crippen LogP contribution in [0.1, 0.15) is 11.5 Å². The van der Waals surface area contributed by atoms with Crippen molar-refractivity contribution < 1.29 is 0 Å². The highest BCUT2D eigenvalue weighted by Crippen LogP contribution is 2.15. The number of halogens is 1. The lowest BCUT2D eigenvalue weighted by molar-refractivity contribution is 0.989. The monoisotopic (exact) mass is 197 g/mol. The summed E-state index contributed by atoms with van der Waals surface area (Å²) in [5.41, 5.74) is 1.29. The molecule has 0 nitrogen and oxygen atoms in total. The molecule has 1 atom stereocenters. The molecule has 1 heteroatoms. The zero-order chi connectivity index (χ0) is 7.40. The van der Waals surface area contributed by atoms with E-state index in [1.165, 1.54) is 5.56 Å². The maximum Gasteiger partial charge on any atom is 0.0100 e. The van der Waals surface area contributed by atoms with Crippen molar-refractivity contribution in [1.82, 2.24) is 0 Å². The molecule has 0 saturated heterocycles. The second-order valence-electron chi connectivity index (χ2n) is 2.26. The number of benzene rings is 1. The summed E-state index contributed by atoms with van der Waals surface area (Å²) in [6.45, 7) is 3.98. The fourth-order valence-electron chi connectivity index (χ4n) is 0.814. The number of hydrogen-bond donors (Lipinski definition) is 0. The Morgan fingerprint density at radius 2 is 1.90 bits per heavy atom. The Morgan fingerprint density at radius 1 is 1.30 bits per heavy atom. The molecular formula is C9H10Br. The van der Waals surface area contributed by atoms with E-state index in [0.717, 1.165) is 5.33 Å².